The highest BCUT2D eigenvalue weighted by atomic mass is 16.5. The summed E-state index contributed by atoms with van der Waals surface area (Å²) in [5.41, 5.74) is 0. The second-order valence-electron chi connectivity index (χ2n) is 4.37. The summed E-state index contributed by atoms with van der Waals surface area (Å²) in [7, 11) is 0. The molecule has 0 radical (unpaired) electrons. The summed E-state index contributed by atoms with van der Waals surface area (Å²) in [6.07, 6.45) is 6.48. The van der Waals surface area contributed by atoms with Crippen LogP contribution >= 0.6 is 0 Å². The minimum absolute atomic E-state index is 0.474. The molecule has 1 saturated carbocycles. The van der Waals surface area contributed by atoms with Crippen molar-refractivity contribution in [3.63, 3.8) is 0 Å². The van der Waals surface area contributed by atoms with E-state index in [0.29, 0.717) is 17.6 Å². The average Bonchev–Trinajstić information content (AvgIpc) is 2.19. The van der Waals surface area contributed by atoms with Gasteiger partial charge in [0, 0.05) is 26.1 Å². The van der Waals surface area contributed by atoms with Gasteiger partial charge in [-0.3, -0.25) is 4.79 Å². The van der Waals surface area contributed by atoms with Crippen molar-refractivity contribution >= 4 is 5.78 Å². The molecular weight excluding hydrogens is 164 g/mol. The quantitative estimate of drug-likeness (QED) is 0.621. The van der Waals surface area contributed by atoms with E-state index in [1.165, 1.54) is 19.3 Å². The fourth-order valence-electron chi connectivity index (χ4n) is 2.60. The van der Waals surface area contributed by atoms with Crippen molar-refractivity contribution in [3.05, 3.63) is 0 Å². The van der Waals surface area contributed by atoms with E-state index in [4.69, 9.17) is 4.74 Å². The molecule has 1 aliphatic heterocycles. The molecule has 74 valence electrons. The summed E-state index contributed by atoms with van der Waals surface area (Å²) < 4.78 is 5.46. The van der Waals surface area contributed by atoms with Gasteiger partial charge in [0.1, 0.15) is 5.78 Å². The number of carbonyl (C=O) groups is 1. The molecule has 0 bridgehead atoms. The molecule has 2 atom stereocenters. The van der Waals surface area contributed by atoms with E-state index in [2.05, 4.69) is 0 Å². The third-order valence-electron chi connectivity index (χ3n) is 3.38. The molecule has 13 heavy (non-hydrogen) atoms. The predicted molar refractivity (Wildman–Crippen MR) is 50.5 cm³/mol. The summed E-state index contributed by atoms with van der Waals surface area (Å²) in [4.78, 5) is 11.3. The molecule has 0 aromatic rings. The van der Waals surface area contributed by atoms with Gasteiger partial charge >= 0.3 is 0 Å². The SMILES string of the molecule is O=C1CCCC(C2CCCOC2)C1. The van der Waals surface area contributed by atoms with Crippen molar-refractivity contribution in [2.75, 3.05) is 13.2 Å². The fraction of sp³-hybridized carbons (Fsp3) is 0.909. The lowest BCUT2D eigenvalue weighted by Crippen LogP contribution is -2.29. The Kier molecular flexibility index (Phi) is 2.99. The zero-order chi connectivity index (χ0) is 9.10. The second-order valence-corrected chi connectivity index (χ2v) is 4.37. The maximum Gasteiger partial charge on any atom is 0.133 e. The number of hydrogen-bond acceptors (Lipinski definition) is 2. The molecule has 1 saturated heterocycles. The molecule has 0 spiro atoms. The molecule has 2 unspecified atom stereocenters. The van der Waals surface area contributed by atoms with E-state index in [1.807, 2.05) is 0 Å². The van der Waals surface area contributed by atoms with Crippen LogP contribution in [0.25, 0.3) is 0 Å². The Labute approximate surface area is 79.7 Å². The third-order valence-corrected chi connectivity index (χ3v) is 3.38. The topological polar surface area (TPSA) is 26.3 Å². The molecule has 2 fully saturated rings. The fourth-order valence-corrected chi connectivity index (χ4v) is 2.60. The molecule has 2 nitrogen and oxygen atoms in total. The molecule has 0 N–H and O–H groups in total. The number of carbonyl (C=O) groups excluding carboxylic acids is 1. The number of Topliss-reactive ketones (excluding diaryl/α,β-unsaturated/α-hetero) is 1. The lowest BCUT2D eigenvalue weighted by Gasteiger charge is -2.32. The first-order valence-electron chi connectivity index (χ1n) is 5.45. The molecule has 1 aliphatic carbocycles. The maximum atomic E-state index is 11.3. The predicted octanol–water partition coefficient (Wildman–Crippen LogP) is 2.17. The van der Waals surface area contributed by atoms with Crippen LogP contribution in [0.1, 0.15) is 38.5 Å². The molecule has 1 heterocycles. The summed E-state index contributed by atoms with van der Waals surface area (Å²) in [5, 5.41) is 0. The van der Waals surface area contributed by atoms with Gasteiger partial charge in [0.05, 0.1) is 0 Å². The van der Waals surface area contributed by atoms with Crippen LogP contribution in [-0.4, -0.2) is 19.0 Å². The largest absolute Gasteiger partial charge is 0.381 e. The lowest BCUT2D eigenvalue weighted by molar-refractivity contribution is -0.122. The molecular formula is C11H18O2. The number of rotatable bonds is 1. The summed E-state index contributed by atoms with van der Waals surface area (Å²) in [6, 6.07) is 0. The van der Waals surface area contributed by atoms with E-state index >= 15 is 0 Å². The Bertz CT molecular complexity index is 183. The van der Waals surface area contributed by atoms with Crippen molar-refractivity contribution in [2.24, 2.45) is 11.8 Å². The van der Waals surface area contributed by atoms with Gasteiger partial charge in [-0.05, 0) is 37.5 Å². The van der Waals surface area contributed by atoms with Crippen molar-refractivity contribution in [3.8, 4) is 0 Å². The Hall–Kier alpha value is -0.370. The highest BCUT2D eigenvalue weighted by Crippen LogP contribution is 2.32. The first kappa shape index (κ1) is 9.20. The smallest absolute Gasteiger partial charge is 0.133 e. The first-order chi connectivity index (χ1) is 6.36. The van der Waals surface area contributed by atoms with Crippen LogP contribution in [-0.2, 0) is 9.53 Å². The van der Waals surface area contributed by atoms with Gasteiger partial charge in [-0.1, -0.05) is 0 Å². The van der Waals surface area contributed by atoms with E-state index in [-0.39, 0.29) is 0 Å². The molecule has 2 aliphatic rings. The normalized spacial score (nSPS) is 36.2. The highest BCUT2D eigenvalue weighted by Gasteiger charge is 2.28. The molecule has 0 aromatic carbocycles. The Morgan fingerprint density at radius 1 is 1.15 bits per heavy atom. The number of hydrogen-bond donors (Lipinski definition) is 0. The van der Waals surface area contributed by atoms with Crippen LogP contribution < -0.4 is 0 Å². The van der Waals surface area contributed by atoms with E-state index < -0.39 is 0 Å². The van der Waals surface area contributed by atoms with Gasteiger partial charge in [0.2, 0.25) is 0 Å². The van der Waals surface area contributed by atoms with Gasteiger partial charge in [-0.2, -0.15) is 0 Å². The van der Waals surface area contributed by atoms with Gasteiger partial charge in [-0.15, -0.1) is 0 Å². The second kappa shape index (κ2) is 4.23. The van der Waals surface area contributed by atoms with Gasteiger partial charge in [0.15, 0.2) is 0 Å². The van der Waals surface area contributed by atoms with E-state index in [1.54, 1.807) is 0 Å². The average molecular weight is 182 g/mol. The minimum atomic E-state index is 0.474. The maximum absolute atomic E-state index is 11.3. The van der Waals surface area contributed by atoms with Gasteiger partial charge < -0.3 is 4.74 Å². The summed E-state index contributed by atoms with van der Waals surface area (Å²) in [5.74, 6) is 1.79. The Morgan fingerprint density at radius 2 is 2.00 bits per heavy atom. The monoisotopic (exact) mass is 182 g/mol. The van der Waals surface area contributed by atoms with Crippen LogP contribution in [0.5, 0.6) is 0 Å². The molecule has 0 aromatic heterocycles. The Morgan fingerprint density at radius 3 is 2.69 bits per heavy atom. The van der Waals surface area contributed by atoms with Gasteiger partial charge in [0.25, 0.3) is 0 Å². The van der Waals surface area contributed by atoms with Crippen LogP contribution in [0.4, 0.5) is 0 Å². The summed E-state index contributed by atoms with van der Waals surface area (Å²) in [6.45, 7) is 1.83. The lowest BCUT2D eigenvalue weighted by atomic mass is 9.77. The number of ketones is 1. The first-order valence-corrected chi connectivity index (χ1v) is 5.45. The van der Waals surface area contributed by atoms with Gasteiger partial charge in [-0.25, -0.2) is 0 Å². The van der Waals surface area contributed by atoms with Crippen molar-refractivity contribution < 1.29 is 9.53 Å². The third kappa shape index (κ3) is 2.31. The minimum Gasteiger partial charge on any atom is -0.381 e. The number of ether oxygens (including phenoxy) is 1. The summed E-state index contributed by atoms with van der Waals surface area (Å²) >= 11 is 0. The van der Waals surface area contributed by atoms with Crippen LogP contribution in [0.15, 0.2) is 0 Å². The Balaban J connectivity index is 1.87. The molecule has 2 rings (SSSR count). The van der Waals surface area contributed by atoms with Crippen molar-refractivity contribution in [1.29, 1.82) is 0 Å². The molecule has 2 heteroatoms. The van der Waals surface area contributed by atoms with Crippen LogP contribution in [0.2, 0.25) is 0 Å². The zero-order valence-corrected chi connectivity index (χ0v) is 8.13. The van der Waals surface area contributed by atoms with Crippen LogP contribution in [0.3, 0.4) is 0 Å². The van der Waals surface area contributed by atoms with E-state index in [9.17, 15) is 4.79 Å². The van der Waals surface area contributed by atoms with Crippen molar-refractivity contribution in [2.45, 2.75) is 38.5 Å². The highest BCUT2D eigenvalue weighted by molar-refractivity contribution is 5.79. The zero-order valence-electron chi connectivity index (χ0n) is 8.13. The van der Waals surface area contributed by atoms with E-state index in [0.717, 1.165) is 32.5 Å². The van der Waals surface area contributed by atoms with Crippen LogP contribution in [0, 0.1) is 11.8 Å². The van der Waals surface area contributed by atoms with Crippen molar-refractivity contribution in [1.82, 2.24) is 0 Å². The molecule has 0 amide bonds. The standard InChI is InChI=1S/C11H18O2/c12-11-5-1-3-9(7-11)10-4-2-6-13-8-10/h9-10H,1-8H2.